The average molecular weight is 281 g/mol. The quantitative estimate of drug-likeness (QED) is 0.843. The van der Waals surface area contributed by atoms with Crippen molar-refractivity contribution in [3.8, 4) is 0 Å². The van der Waals surface area contributed by atoms with E-state index in [4.69, 9.17) is 18.0 Å². The monoisotopic (exact) mass is 281 g/mol. The molecule has 0 unspecified atom stereocenters. The fraction of sp³-hybridized carbons (Fsp3) is 0.538. The molecular formula is C13H19N3S2. The van der Waals surface area contributed by atoms with Gasteiger partial charge in [-0.05, 0) is 32.9 Å². The Kier molecular flexibility index (Phi) is 3.82. The minimum Gasteiger partial charge on any atom is -0.389 e. The van der Waals surface area contributed by atoms with Crippen LogP contribution in [0.4, 0.5) is 5.82 Å². The Labute approximate surface area is 118 Å². The van der Waals surface area contributed by atoms with E-state index in [-0.39, 0.29) is 4.75 Å². The molecule has 1 aromatic heterocycles. The summed E-state index contributed by atoms with van der Waals surface area (Å²) in [5.74, 6) is 2.12. The highest BCUT2D eigenvalue weighted by Gasteiger charge is 2.27. The molecule has 0 saturated carbocycles. The highest BCUT2D eigenvalue weighted by atomic mass is 32.2. The molecule has 1 aromatic rings. The first-order chi connectivity index (χ1) is 8.37. The van der Waals surface area contributed by atoms with Crippen LogP contribution in [0, 0.1) is 6.92 Å². The number of aryl methyl sites for hydroxylation is 1. The van der Waals surface area contributed by atoms with Gasteiger partial charge in [0.15, 0.2) is 0 Å². The zero-order valence-corrected chi connectivity index (χ0v) is 12.7. The van der Waals surface area contributed by atoms with Gasteiger partial charge in [0.25, 0.3) is 0 Å². The van der Waals surface area contributed by atoms with Crippen molar-refractivity contribution in [3.05, 3.63) is 23.4 Å². The summed E-state index contributed by atoms with van der Waals surface area (Å²) in [5.41, 5.74) is 7.59. The predicted molar refractivity (Wildman–Crippen MR) is 83.6 cm³/mol. The smallest absolute Gasteiger partial charge is 0.129 e. The number of pyridine rings is 1. The van der Waals surface area contributed by atoms with Crippen molar-refractivity contribution >= 4 is 34.8 Å². The first kappa shape index (κ1) is 13.6. The first-order valence-electron chi connectivity index (χ1n) is 6.05. The van der Waals surface area contributed by atoms with Crippen molar-refractivity contribution in [3.63, 3.8) is 0 Å². The number of nitrogens with zero attached hydrogens (tertiary/aromatic N) is 2. The molecule has 0 spiro atoms. The highest BCUT2D eigenvalue weighted by molar-refractivity contribution is 8.00. The third kappa shape index (κ3) is 3.14. The summed E-state index contributed by atoms with van der Waals surface area (Å²) in [5, 5.41) is 0. The van der Waals surface area contributed by atoms with Crippen LogP contribution in [0.25, 0.3) is 0 Å². The Morgan fingerprint density at radius 2 is 2.22 bits per heavy atom. The largest absolute Gasteiger partial charge is 0.389 e. The summed E-state index contributed by atoms with van der Waals surface area (Å²) in [4.78, 5) is 7.37. The topological polar surface area (TPSA) is 42.1 Å². The van der Waals surface area contributed by atoms with E-state index in [0.717, 1.165) is 35.9 Å². The molecule has 2 heterocycles. The molecule has 1 fully saturated rings. The predicted octanol–water partition coefficient (Wildman–Crippen LogP) is 2.36. The van der Waals surface area contributed by atoms with Gasteiger partial charge in [0.05, 0.1) is 0 Å². The maximum Gasteiger partial charge on any atom is 0.129 e. The van der Waals surface area contributed by atoms with Crippen LogP contribution in [0.5, 0.6) is 0 Å². The van der Waals surface area contributed by atoms with Gasteiger partial charge in [0.1, 0.15) is 10.8 Å². The summed E-state index contributed by atoms with van der Waals surface area (Å²) in [6, 6.07) is 3.94. The molecule has 0 atom stereocenters. The Morgan fingerprint density at radius 1 is 1.50 bits per heavy atom. The third-order valence-electron chi connectivity index (χ3n) is 2.97. The molecule has 2 rings (SSSR count). The van der Waals surface area contributed by atoms with E-state index in [2.05, 4.69) is 23.7 Å². The molecule has 98 valence electrons. The highest BCUT2D eigenvalue weighted by Crippen LogP contribution is 2.31. The minimum absolute atomic E-state index is 0.271. The van der Waals surface area contributed by atoms with Gasteiger partial charge in [-0.2, -0.15) is 11.8 Å². The van der Waals surface area contributed by atoms with Crippen molar-refractivity contribution in [2.24, 2.45) is 5.73 Å². The second-order valence-electron chi connectivity index (χ2n) is 5.25. The SMILES string of the molecule is Cc1cc(C(N)=S)cc(N2CCSC(C)(C)C2)n1. The van der Waals surface area contributed by atoms with Gasteiger partial charge in [-0.15, -0.1) is 0 Å². The lowest BCUT2D eigenvalue weighted by molar-refractivity contribution is 0.641. The standard InChI is InChI=1S/C13H19N3S2/c1-9-6-10(12(14)17)7-11(15-9)16-4-5-18-13(2,3)8-16/h6-7H,4-5,8H2,1-3H3,(H2,14,17). The van der Waals surface area contributed by atoms with Crippen molar-refractivity contribution in [1.29, 1.82) is 0 Å². The van der Waals surface area contributed by atoms with E-state index in [1.807, 2.05) is 30.8 Å². The lowest BCUT2D eigenvalue weighted by atomic mass is 10.1. The molecule has 0 aliphatic carbocycles. The van der Waals surface area contributed by atoms with E-state index >= 15 is 0 Å². The number of nitrogens with two attached hydrogens (primary N) is 1. The number of thioether (sulfide) groups is 1. The van der Waals surface area contributed by atoms with Crippen LogP contribution in [0.2, 0.25) is 0 Å². The first-order valence-corrected chi connectivity index (χ1v) is 7.44. The molecule has 0 aromatic carbocycles. The maximum atomic E-state index is 5.72. The molecule has 1 aliphatic heterocycles. The number of hydrogen-bond donors (Lipinski definition) is 1. The Bertz CT molecular complexity index is 471. The molecular weight excluding hydrogens is 262 g/mol. The number of thiocarbonyl (C=S) groups is 1. The van der Waals surface area contributed by atoms with Crippen LogP contribution in [0.3, 0.4) is 0 Å². The average Bonchev–Trinajstić information content (AvgIpc) is 2.26. The molecule has 2 N–H and O–H groups in total. The number of hydrogen-bond acceptors (Lipinski definition) is 4. The van der Waals surface area contributed by atoms with Crippen molar-refractivity contribution in [2.75, 3.05) is 23.7 Å². The van der Waals surface area contributed by atoms with Gasteiger partial charge in [-0.1, -0.05) is 12.2 Å². The molecule has 0 radical (unpaired) electrons. The van der Waals surface area contributed by atoms with E-state index in [9.17, 15) is 0 Å². The normalized spacial score (nSPS) is 18.7. The van der Waals surface area contributed by atoms with Crippen molar-refractivity contribution in [2.45, 2.75) is 25.5 Å². The minimum atomic E-state index is 0.271. The Balaban J connectivity index is 2.30. The zero-order valence-electron chi connectivity index (χ0n) is 11.1. The van der Waals surface area contributed by atoms with Gasteiger partial charge in [0, 0.05) is 34.8 Å². The van der Waals surface area contributed by atoms with Gasteiger partial charge >= 0.3 is 0 Å². The molecule has 18 heavy (non-hydrogen) atoms. The Morgan fingerprint density at radius 3 is 2.83 bits per heavy atom. The van der Waals surface area contributed by atoms with Crippen LogP contribution >= 0.6 is 24.0 Å². The lowest BCUT2D eigenvalue weighted by Crippen LogP contribution is -2.43. The number of aromatic nitrogens is 1. The van der Waals surface area contributed by atoms with E-state index in [1.165, 1.54) is 0 Å². The van der Waals surface area contributed by atoms with Gasteiger partial charge in [0.2, 0.25) is 0 Å². The molecule has 0 bridgehead atoms. The summed E-state index contributed by atoms with van der Waals surface area (Å²) in [6.45, 7) is 8.56. The molecule has 1 aliphatic rings. The van der Waals surface area contributed by atoms with Crippen LogP contribution in [0.15, 0.2) is 12.1 Å². The van der Waals surface area contributed by atoms with Gasteiger partial charge in [-0.3, -0.25) is 0 Å². The van der Waals surface area contributed by atoms with Gasteiger partial charge < -0.3 is 10.6 Å². The second kappa shape index (κ2) is 5.05. The fourth-order valence-corrected chi connectivity index (χ4v) is 3.40. The maximum absolute atomic E-state index is 5.72. The van der Waals surface area contributed by atoms with E-state index in [0.29, 0.717) is 4.99 Å². The lowest BCUT2D eigenvalue weighted by Gasteiger charge is -2.38. The molecule has 5 heteroatoms. The summed E-state index contributed by atoms with van der Waals surface area (Å²) in [7, 11) is 0. The number of anilines is 1. The van der Waals surface area contributed by atoms with E-state index < -0.39 is 0 Å². The van der Waals surface area contributed by atoms with Crippen LogP contribution < -0.4 is 10.6 Å². The van der Waals surface area contributed by atoms with Crippen LogP contribution in [-0.4, -0.2) is 33.6 Å². The van der Waals surface area contributed by atoms with Gasteiger partial charge in [-0.25, -0.2) is 4.98 Å². The molecule has 3 nitrogen and oxygen atoms in total. The summed E-state index contributed by atoms with van der Waals surface area (Å²) < 4.78 is 0.271. The van der Waals surface area contributed by atoms with Crippen LogP contribution in [-0.2, 0) is 0 Å². The van der Waals surface area contributed by atoms with Crippen LogP contribution in [0.1, 0.15) is 25.1 Å². The summed E-state index contributed by atoms with van der Waals surface area (Å²) in [6.07, 6.45) is 0. The third-order valence-corrected chi connectivity index (χ3v) is 4.51. The van der Waals surface area contributed by atoms with Crippen molar-refractivity contribution in [1.82, 2.24) is 4.98 Å². The summed E-state index contributed by atoms with van der Waals surface area (Å²) >= 11 is 7.07. The molecule has 1 saturated heterocycles. The Hall–Kier alpha value is -0.810. The zero-order chi connectivity index (χ0) is 13.3. The fourth-order valence-electron chi connectivity index (χ4n) is 2.17. The second-order valence-corrected chi connectivity index (χ2v) is 7.49. The van der Waals surface area contributed by atoms with E-state index in [1.54, 1.807) is 0 Å². The van der Waals surface area contributed by atoms with Crippen molar-refractivity contribution < 1.29 is 0 Å². The number of rotatable bonds is 2. The molecule has 0 amide bonds.